The zero-order valence-corrected chi connectivity index (χ0v) is 8.08. The summed E-state index contributed by atoms with van der Waals surface area (Å²) in [6.07, 6.45) is 2.50. The van der Waals surface area contributed by atoms with Crippen molar-refractivity contribution in [2.75, 3.05) is 0 Å². The van der Waals surface area contributed by atoms with E-state index in [0.717, 1.165) is 5.57 Å². The van der Waals surface area contributed by atoms with Gasteiger partial charge in [0, 0.05) is 6.42 Å². The van der Waals surface area contributed by atoms with Crippen LogP contribution in [0.5, 0.6) is 0 Å². The van der Waals surface area contributed by atoms with Crippen molar-refractivity contribution in [3.8, 4) is 0 Å². The first-order chi connectivity index (χ1) is 6.20. The monoisotopic (exact) mass is 174 g/mol. The first-order valence-corrected chi connectivity index (χ1v) is 4.42. The molecule has 0 fully saturated rings. The number of hydrogen-bond acceptors (Lipinski definition) is 1. The van der Waals surface area contributed by atoms with Gasteiger partial charge in [0.2, 0.25) is 0 Å². The average molecular weight is 174 g/mol. The second-order valence-electron chi connectivity index (χ2n) is 3.16. The van der Waals surface area contributed by atoms with Crippen molar-refractivity contribution in [3.05, 3.63) is 42.0 Å². The highest BCUT2D eigenvalue weighted by molar-refractivity contribution is 5.79. The number of benzene rings is 1. The average Bonchev–Trinajstić information content (AvgIpc) is 2.15. The van der Waals surface area contributed by atoms with Crippen molar-refractivity contribution in [2.24, 2.45) is 0 Å². The van der Waals surface area contributed by atoms with Crippen LogP contribution in [0.4, 0.5) is 0 Å². The number of Topliss-reactive ketones (excluding diaryl/α,β-unsaturated/α-hetero) is 1. The van der Waals surface area contributed by atoms with Gasteiger partial charge in [0.1, 0.15) is 5.78 Å². The lowest BCUT2D eigenvalue weighted by atomic mass is 10.1. The third-order valence-electron chi connectivity index (χ3n) is 1.92. The van der Waals surface area contributed by atoms with E-state index in [1.165, 1.54) is 5.56 Å². The van der Waals surface area contributed by atoms with Crippen molar-refractivity contribution < 1.29 is 4.79 Å². The summed E-state index contributed by atoms with van der Waals surface area (Å²) in [5.41, 5.74) is 2.35. The molecule has 0 aliphatic rings. The fourth-order valence-electron chi connectivity index (χ4n) is 1.12. The van der Waals surface area contributed by atoms with E-state index in [-0.39, 0.29) is 5.78 Å². The van der Waals surface area contributed by atoms with Crippen LogP contribution in [0.1, 0.15) is 25.8 Å². The molecular weight excluding hydrogens is 160 g/mol. The van der Waals surface area contributed by atoms with E-state index in [1.54, 1.807) is 6.92 Å². The van der Waals surface area contributed by atoms with Crippen LogP contribution in [0.25, 0.3) is 5.57 Å². The fourth-order valence-corrected chi connectivity index (χ4v) is 1.12. The molecule has 0 radical (unpaired) electrons. The highest BCUT2D eigenvalue weighted by Crippen LogP contribution is 2.13. The quantitative estimate of drug-likeness (QED) is 0.688. The molecule has 0 amide bonds. The molecule has 0 N–H and O–H groups in total. The SMILES string of the molecule is CC(=O)C/C=C(/C)c1ccccc1. The first-order valence-electron chi connectivity index (χ1n) is 4.42. The molecule has 1 heteroatoms. The van der Waals surface area contributed by atoms with E-state index >= 15 is 0 Å². The zero-order chi connectivity index (χ0) is 9.68. The standard InChI is InChI=1S/C12H14O/c1-10(8-9-11(2)13)12-6-4-3-5-7-12/h3-8H,9H2,1-2H3/b10-8-. The Morgan fingerprint density at radius 2 is 1.85 bits per heavy atom. The van der Waals surface area contributed by atoms with Gasteiger partial charge >= 0.3 is 0 Å². The molecule has 68 valence electrons. The fraction of sp³-hybridized carbons (Fsp3) is 0.250. The Kier molecular flexibility index (Phi) is 3.44. The molecule has 0 aliphatic heterocycles. The maximum atomic E-state index is 10.7. The largest absolute Gasteiger partial charge is 0.300 e. The van der Waals surface area contributed by atoms with Crippen LogP contribution in [-0.2, 0) is 4.79 Å². The van der Waals surface area contributed by atoms with Gasteiger partial charge in [-0.15, -0.1) is 0 Å². The molecule has 1 rings (SSSR count). The van der Waals surface area contributed by atoms with Gasteiger partial charge in [-0.25, -0.2) is 0 Å². The molecule has 0 aliphatic carbocycles. The number of carbonyl (C=O) groups is 1. The Morgan fingerprint density at radius 3 is 2.38 bits per heavy atom. The van der Waals surface area contributed by atoms with Crippen molar-refractivity contribution in [3.63, 3.8) is 0 Å². The van der Waals surface area contributed by atoms with Gasteiger partial charge in [0.25, 0.3) is 0 Å². The summed E-state index contributed by atoms with van der Waals surface area (Å²) < 4.78 is 0. The minimum absolute atomic E-state index is 0.204. The Balaban J connectivity index is 2.73. The van der Waals surface area contributed by atoms with Crippen molar-refractivity contribution in [2.45, 2.75) is 20.3 Å². The molecule has 0 aromatic heterocycles. The zero-order valence-electron chi connectivity index (χ0n) is 8.08. The second-order valence-corrected chi connectivity index (χ2v) is 3.16. The molecule has 1 aromatic rings. The molecule has 1 aromatic carbocycles. The summed E-state index contributed by atoms with van der Waals surface area (Å²) in [6, 6.07) is 10.1. The lowest BCUT2D eigenvalue weighted by Gasteiger charge is -1.99. The summed E-state index contributed by atoms with van der Waals surface area (Å²) >= 11 is 0. The lowest BCUT2D eigenvalue weighted by Crippen LogP contribution is -1.86. The first kappa shape index (κ1) is 9.72. The molecule has 0 atom stereocenters. The van der Waals surface area contributed by atoms with Gasteiger partial charge in [-0.2, -0.15) is 0 Å². The molecule has 0 saturated heterocycles. The number of rotatable bonds is 3. The van der Waals surface area contributed by atoms with E-state index in [2.05, 4.69) is 0 Å². The van der Waals surface area contributed by atoms with E-state index in [4.69, 9.17) is 0 Å². The van der Waals surface area contributed by atoms with Crippen LogP contribution >= 0.6 is 0 Å². The molecular formula is C12H14O. The number of carbonyl (C=O) groups excluding carboxylic acids is 1. The van der Waals surface area contributed by atoms with Crippen LogP contribution < -0.4 is 0 Å². The number of ketones is 1. The minimum Gasteiger partial charge on any atom is -0.300 e. The smallest absolute Gasteiger partial charge is 0.133 e. The number of hydrogen-bond donors (Lipinski definition) is 0. The molecule has 1 nitrogen and oxygen atoms in total. The van der Waals surface area contributed by atoms with Gasteiger partial charge in [0.15, 0.2) is 0 Å². The van der Waals surface area contributed by atoms with Gasteiger partial charge in [-0.3, -0.25) is 4.79 Å². The van der Waals surface area contributed by atoms with Crippen LogP contribution in [0.3, 0.4) is 0 Å². The van der Waals surface area contributed by atoms with Gasteiger partial charge in [0.05, 0.1) is 0 Å². The van der Waals surface area contributed by atoms with Gasteiger partial charge in [-0.1, -0.05) is 36.4 Å². The Bertz CT molecular complexity index is 309. The van der Waals surface area contributed by atoms with Crippen molar-refractivity contribution in [1.82, 2.24) is 0 Å². The van der Waals surface area contributed by atoms with E-state index in [1.807, 2.05) is 43.3 Å². The van der Waals surface area contributed by atoms with Crippen LogP contribution in [0, 0.1) is 0 Å². The Labute approximate surface area is 79.1 Å². The minimum atomic E-state index is 0.204. The van der Waals surface area contributed by atoms with Crippen LogP contribution in [-0.4, -0.2) is 5.78 Å². The van der Waals surface area contributed by atoms with Crippen molar-refractivity contribution >= 4 is 11.4 Å². The molecule has 0 bridgehead atoms. The molecule has 13 heavy (non-hydrogen) atoms. The van der Waals surface area contributed by atoms with Crippen molar-refractivity contribution in [1.29, 1.82) is 0 Å². The van der Waals surface area contributed by atoms with Gasteiger partial charge in [-0.05, 0) is 25.0 Å². The molecule has 0 spiro atoms. The predicted octanol–water partition coefficient (Wildman–Crippen LogP) is 3.07. The van der Waals surface area contributed by atoms with E-state index in [0.29, 0.717) is 6.42 Å². The lowest BCUT2D eigenvalue weighted by molar-refractivity contribution is -0.116. The summed E-state index contributed by atoms with van der Waals surface area (Å²) in [4.78, 5) is 10.7. The Hall–Kier alpha value is -1.37. The molecule has 0 saturated carbocycles. The van der Waals surface area contributed by atoms with E-state index in [9.17, 15) is 4.79 Å². The van der Waals surface area contributed by atoms with Crippen LogP contribution in [0.15, 0.2) is 36.4 Å². The maximum Gasteiger partial charge on any atom is 0.133 e. The normalized spacial score (nSPS) is 11.4. The maximum absolute atomic E-state index is 10.7. The Morgan fingerprint density at radius 1 is 1.23 bits per heavy atom. The molecule has 0 heterocycles. The molecule has 0 unspecified atom stereocenters. The second kappa shape index (κ2) is 4.61. The summed E-state index contributed by atoms with van der Waals surface area (Å²) in [6.45, 7) is 3.63. The highest BCUT2D eigenvalue weighted by atomic mass is 16.1. The third-order valence-corrected chi connectivity index (χ3v) is 1.92. The third kappa shape index (κ3) is 3.24. The summed E-state index contributed by atoms with van der Waals surface area (Å²) in [5, 5.41) is 0. The predicted molar refractivity (Wildman–Crippen MR) is 55.4 cm³/mol. The van der Waals surface area contributed by atoms with E-state index < -0.39 is 0 Å². The summed E-state index contributed by atoms with van der Waals surface area (Å²) in [7, 11) is 0. The summed E-state index contributed by atoms with van der Waals surface area (Å²) in [5.74, 6) is 0.204. The van der Waals surface area contributed by atoms with Gasteiger partial charge < -0.3 is 0 Å². The highest BCUT2D eigenvalue weighted by Gasteiger charge is 1.94. The topological polar surface area (TPSA) is 17.1 Å². The van der Waals surface area contributed by atoms with Crippen LogP contribution in [0.2, 0.25) is 0 Å². The number of allylic oxidation sites excluding steroid dienone is 2.